The lowest BCUT2D eigenvalue weighted by atomic mass is 10.1. The van der Waals surface area contributed by atoms with E-state index >= 15 is 0 Å². The molecule has 0 spiro atoms. The van der Waals surface area contributed by atoms with Crippen molar-refractivity contribution in [3.63, 3.8) is 0 Å². The van der Waals surface area contributed by atoms with Crippen LogP contribution in [-0.2, 0) is 0 Å². The lowest BCUT2D eigenvalue weighted by molar-refractivity contribution is 0.554. The molecule has 0 unspecified atom stereocenters. The van der Waals surface area contributed by atoms with Gasteiger partial charge in [0.15, 0.2) is 5.82 Å². The molecule has 5 nitrogen and oxygen atoms in total. The molecule has 0 saturated carbocycles. The number of rotatable bonds is 7. The van der Waals surface area contributed by atoms with E-state index in [1.807, 2.05) is 16.9 Å². The fraction of sp³-hybridized carbons (Fsp3) is 0.625. The van der Waals surface area contributed by atoms with Crippen molar-refractivity contribution in [2.45, 2.75) is 52.5 Å². The maximum Gasteiger partial charge on any atom is 0.154 e. The number of hydrogen-bond donors (Lipinski definition) is 1. The first-order valence-electron chi connectivity index (χ1n) is 7.93. The van der Waals surface area contributed by atoms with Crippen LogP contribution < -0.4 is 10.6 Å². The maximum atomic E-state index is 5.82. The molecule has 0 atom stereocenters. The molecule has 0 aliphatic rings. The number of hydrogen-bond acceptors (Lipinski definition) is 4. The molecule has 116 valence electrons. The van der Waals surface area contributed by atoms with Crippen molar-refractivity contribution in [2.24, 2.45) is 5.73 Å². The molecule has 2 N–H and O–H groups in total. The summed E-state index contributed by atoms with van der Waals surface area (Å²) in [5.41, 5.74) is 7.99. The highest BCUT2D eigenvalue weighted by Crippen LogP contribution is 2.25. The van der Waals surface area contributed by atoms with Gasteiger partial charge in [-0.1, -0.05) is 27.7 Å². The molecule has 2 heterocycles. The van der Waals surface area contributed by atoms with Gasteiger partial charge in [-0.25, -0.2) is 9.50 Å². The predicted molar refractivity (Wildman–Crippen MR) is 87.8 cm³/mol. The second kappa shape index (κ2) is 6.89. The summed E-state index contributed by atoms with van der Waals surface area (Å²) in [6, 6.07) is 2.61. The van der Waals surface area contributed by atoms with Gasteiger partial charge in [0.25, 0.3) is 0 Å². The quantitative estimate of drug-likeness (QED) is 0.851. The summed E-state index contributed by atoms with van der Waals surface area (Å²) in [5.74, 6) is 1.41. The maximum absolute atomic E-state index is 5.82. The third-order valence-electron chi connectivity index (χ3n) is 4.01. The SMILES string of the molecule is CCC(CC)N(CCN)c1nccn2nc(C(C)C)cc12. The van der Waals surface area contributed by atoms with E-state index in [1.165, 1.54) is 0 Å². The number of anilines is 1. The van der Waals surface area contributed by atoms with Crippen molar-refractivity contribution in [1.82, 2.24) is 14.6 Å². The Balaban J connectivity index is 2.51. The van der Waals surface area contributed by atoms with Crippen LogP contribution >= 0.6 is 0 Å². The van der Waals surface area contributed by atoms with Gasteiger partial charge in [-0.05, 0) is 24.8 Å². The first-order chi connectivity index (χ1) is 10.1. The largest absolute Gasteiger partial charge is 0.351 e. The van der Waals surface area contributed by atoms with E-state index in [-0.39, 0.29) is 0 Å². The second-order valence-electron chi connectivity index (χ2n) is 5.76. The summed E-state index contributed by atoms with van der Waals surface area (Å²) < 4.78 is 1.93. The zero-order chi connectivity index (χ0) is 15.4. The van der Waals surface area contributed by atoms with Gasteiger partial charge in [-0.15, -0.1) is 0 Å². The van der Waals surface area contributed by atoms with Crippen LogP contribution in [0, 0.1) is 0 Å². The van der Waals surface area contributed by atoms with Crippen LogP contribution in [-0.4, -0.2) is 33.7 Å². The van der Waals surface area contributed by atoms with Crippen molar-refractivity contribution in [3.8, 4) is 0 Å². The van der Waals surface area contributed by atoms with Gasteiger partial charge in [0, 0.05) is 31.5 Å². The van der Waals surface area contributed by atoms with Crippen LogP contribution in [0.3, 0.4) is 0 Å². The smallest absolute Gasteiger partial charge is 0.154 e. The lowest BCUT2D eigenvalue weighted by Crippen LogP contribution is -2.39. The highest BCUT2D eigenvalue weighted by Gasteiger charge is 2.20. The van der Waals surface area contributed by atoms with E-state index in [0.717, 1.165) is 36.4 Å². The first kappa shape index (κ1) is 15.8. The Labute approximate surface area is 127 Å². The van der Waals surface area contributed by atoms with E-state index in [2.05, 4.69) is 48.7 Å². The van der Waals surface area contributed by atoms with Crippen LogP contribution in [0.1, 0.15) is 52.1 Å². The fourth-order valence-electron chi connectivity index (χ4n) is 2.76. The predicted octanol–water partition coefficient (Wildman–Crippen LogP) is 2.81. The zero-order valence-corrected chi connectivity index (χ0v) is 13.6. The average Bonchev–Trinajstić information content (AvgIpc) is 2.92. The highest BCUT2D eigenvalue weighted by atomic mass is 15.3. The molecular weight excluding hydrogens is 262 g/mol. The topological polar surface area (TPSA) is 59.5 Å². The minimum absolute atomic E-state index is 0.411. The zero-order valence-electron chi connectivity index (χ0n) is 13.6. The van der Waals surface area contributed by atoms with Crippen molar-refractivity contribution < 1.29 is 0 Å². The van der Waals surface area contributed by atoms with E-state index in [4.69, 9.17) is 5.73 Å². The molecule has 2 aromatic rings. The molecule has 2 aromatic heterocycles. The van der Waals surface area contributed by atoms with E-state index in [9.17, 15) is 0 Å². The summed E-state index contributed by atoms with van der Waals surface area (Å²) in [6.07, 6.45) is 5.92. The molecule has 5 heteroatoms. The van der Waals surface area contributed by atoms with Crippen LogP contribution in [0.25, 0.3) is 5.52 Å². The standard InChI is InChI=1S/C16H27N5/c1-5-13(6-2)20(9-7-17)16-15-11-14(12(3)4)19-21(15)10-8-18-16/h8,10-13H,5-7,9,17H2,1-4H3. The second-order valence-corrected chi connectivity index (χ2v) is 5.76. The Hall–Kier alpha value is -1.62. The van der Waals surface area contributed by atoms with Crippen molar-refractivity contribution in [3.05, 3.63) is 24.2 Å². The molecule has 0 amide bonds. The summed E-state index contributed by atoms with van der Waals surface area (Å²) >= 11 is 0. The Morgan fingerprint density at radius 2 is 2.00 bits per heavy atom. The minimum Gasteiger partial charge on any atom is -0.351 e. The Bertz CT molecular complexity index is 571. The Morgan fingerprint density at radius 1 is 1.29 bits per heavy atom. The third-order valence-corrected chi connectivity index (χ3v) is 4.01. The van der Waals surface area contributed by atoms with Gasteiger partial charge in [0.2, 0.25) is 0 Å². The van der Waals surface area contributed by atoms with E-state index < -0.39 is 0 Å². The molecular formula is C16H27N5. The van der Waals surface area contributed by atoms with Crippen LogP contribution in [0.2, 0.25) is 0 Å². The van der Waals surface area contributed by atoms with E-state index in [1.54, 1.807) is 0 Å². The summed E-state index contributed by atoms with van der Waals surface area (Å²) in [7, 11) is 0. The molecule has 0 aliphatic carbocycles. The van der Waals surface area contributed by atoms with Gasteiger partial charge in [-0.2, -0.15) is 5.10 Å². The van der Waals surface area contributed by atoms with Crippen LogP contribution in [0.4, 0.5) is 5.82 Å². The molecule has 0 saturated heterocycles. The number of nitrogens with two attached hydrogens (primary N) is 1. The highest BCUT2D eigenvalue weighted by molar-refractivity contribution is 5.69. The van der Waals surface area contributed by atoms with E-state index in [0.29, 0.717) is 18.5 Å². The minimum atomic E-state index is 0.411. The lowest BCUT2D eigenvalue weighted by Gasteiger charge is -2.31. The van der Waals surface area contributed by atoms with Crippen molar-refractivity contribution in [2.75, 3.05) is 18.0 Å². The molecule has 2 rings (SSSR count). The number of fused-ring (bicyclic) bond motifs is 1. The van der Waals surface area contributed by atoms with Crippen LogP contribution in [0.5, 0.6) is 0 Å². The van der Waals surface area contributed by atoms with Gasteiger partial charge in [0.1, 0.15) is 5.52 Å². The average molecular weight is 289 g/mol. The van der Waals surface area contributed by atoms with Crippen molar-refractivity contribution in [1.29, 1.82) is 0 Å². The Morgan fingerprint density at radius 3 is 2.57 bits per heavy atom. The van der Waals surface area contributed by atoms with Crippen LogP contribution in [0.15, 0.2) is 18.5 Å². The summed E-state index contributed by atoms with van der Waals surface area (Å²) in [5, 5.41) is 4.65. The third kappa shape index (κ3) is 3.18. The fourth-order valence-corrected chi connectivity index (χ4v) is 2.76. The normalized spacial score (nSPS) is 11.8. The number of aromatic nitrogens is 3. The molecule has 0 fully saturated rings. The molecule has 0 bridgehead atoms. The molecule has 21 heavy (non-hydrogen) atoms. The van der Waals surface area contributed by atoms with Gasteiger partial charge < -0.3 is 10.6 Å². The van der Waals surface area contributed by atoms with Crippen molar-refractivity contribution >= 4 is 11.3 Å². The van der Waals surface area contributed by atoms with Gasteiger partial charge in [0.05, 0.1) is 5.69 Å². The summed E-state index contributed by atoms with van der Waals surface area (Å²) in [6.45, 7) is 10.2. The Kier molecular flexibility index (Phi) is 5.17. The van der Waals surface area contributed by atoms with Gasteiger partial charge in [-0.3, -0.25) is 0 Å². The molecule has 0 aromatic carbocycles. The number of nitrogens with zero attached hydrogens (tertiary/aromatic N) is 4. The molecule has 0 radical (unpaired) electrons. The van der Waals surface area contributed by atoms with Gasteiger partial charge >= 0.3 is 0 Å². The summed E-state index contributed by atoms with van der Waals surface area (Å²) in [4.78, 5) is 6.96. The molecule has 0 aliphatic heterocycles. The first-order valence-corrected chi connectivity index (χ1v) is 7.93. The monoisotopic (exact) mass is 289 g/mol.